The summed E-state index contributed by atoms with van der Waals surface area (Å²) in [5.41, 5.74) is 2.25. The Kier molecular flexibility index (Phi) is 3.16. The maximum Gasteiger partial charge on any atom is 0.247 e. The number of hydrogen-bond donors (Lipinski definition) is 1. The predicted molar refractivity (Wildman–Crippen MR) is 89.0 cm³/mol. The van der Waals surface area contributed by atoms with Crippen LogP contribution in [0.15, 0.2) is 18.2 Å². The zero-order valence-electron chi connectivity index (χ0n) is 11.4. The summed E-state index contributed by atoms with van der Waals surface area (Å²) in [4.78, 5) is 14.9. The molecule has 0 bridgehead atoms. The van der Waals surface area contributed by atoms with Crippen LogP contribution < -0.4 is 10.2 Å². The summed E-state index contributed by atoms with van der Waals surface area (Å²) in [6.45, 7) is 0. The van der Waals surface area contributed by atoms with Crippen LogP contribution in [-0.4, -0.2) is 18.0 Å². The summed E-state index contributed by atoms with van der Waals surface area (Å²) in [6.07, 6.45) is 7.50. The first-order chi connectivity index (χ1) is 9.74. The summed E-state index contributed by atoms with van der Waals surface area (Å²) >= 11 is 2.31. The van der Waals surface area contributed by atoms with Gasteiger partial charge in [-0.05, 0) is 72.4 Å². The lowest BCUT2D eigenvalue weighted by Crippen LogP contribution is -2.58. The van der Waals surface area contributed by atoms with Crippen molar-refractivity contribution in [3.05, 3.63) is 21.8 Å². The Bertz CT molecular complexity index is 559. The van der Waals surface area contributed by atoms with Crippen LogP contribution in [0.3, 0.4) is 0 Å². The fourth-order valence-electron chi connectivity index (χ4n) is 4.29. The largest absolute Gasteiger partial charge is 0.355 e. The molecular weight excluding hydrogens is 363 g/mol. The predicted octanol–water partition coefficient (Wildman–Crippen LogP) is 3.77. The van der Waals surface area contributed by atoms with Gasteiger partial charge in [0.1, 0.15) is 6.04 Å². The summed E-state index contributed by atoms with van der Waals surface area (Å²) in [5.74, 6) is 0.988. The number of rotatable bonds is 0. The Labute approximate surface area is 133 Å². The number of nitrogens with one attached hydrogen (secondary N) is 1. The second kappa shape index (κ2) is 4.90. The number of nitrogens with zero attached hydrogens (tertiary/aromatic N) is 1. The Morgan fingerprint density at radius 1 is 1.15 bits per heavy atom. The molecule has 3 aliphatic rings. The highest BCUT2D eigenvalue weighted by Gasteiger charge is 2.44. The average molecular weight is 382 g/mol. The normalized spacial score (nSPS) is 31.9. The molecule has 4 heteroatoms. The van der Waals surface area contributed by atoms with Gasteiger partial charge in [0, 0.05) is 9.61 Å². The van der Waals surface area contributed by atoms with Crippen molar-refractivity contribution >= 4 is 39.9 Å². The third-order valence-electron chi connectivity index (χ3n) is 5.17. The molecule has 3 nitrogen and oxygen atoms in total. The fourth-order valence-corrected chi connectivity index (χ4v) is 4.78. The molecule has 0 radical (unpaired) electrons. The second-order valence-corrected chi connectivity index (χ2v) is 7.51. The molecule has 1 amide bonds. The van der Waals surface area contributed by atoms with Crippen molar-refractivity contribution in [2.45, 2.75) is 50.6 Å². The van der Waals surface area contributed by atoms with Crippen molar-refractivity contribution in [2.75, 3.05) is 10.2 Å². The molecule has 0 spiro atoms. The maximum absolute atomic E-state index is 12.4. The van der Waals surface area contributed by atoms with Gasteiger partial charge < -0.3 is 10.2 Å². The van der Waals surface area contributed by atoms with Crippen LogP contribution in [0.1, 0.15) is 38.5 Å². The van der Waals surface area contributed by atoms with Gasteiger partial charge in [-0.25, -0.2) is 0 Å². The lowest BCUT2D eigenvalue weighted by Gasteiger charge is -2.51. The van der Waals surface area contributed by atoms with Gasteiger partial charge >= 0.3 is 0 Å². The number of benzene rings is 1. The average Bonchev–Trinajstić information content (AvgIpc) is 2.46. The Morgan fingerprint density at radius 2 is 2.00 bits per heavy atom. The third-order valence-corrected chi connectivity index (χ3v) is 5.84. The number of fused-ring (bicyclic) bond motifs is 5. The van der Waals surface area contributed by atoms with E-state index in [4.69, 9.17) is 0 Å². The van der Waals surface area contributed by atoms with Crippen LogP contribution in [0.25, 0.3) is 0 Å². The van der Waals surface area contributed by atoms with Gasteiger partial charge in [0.25, 0.3) is 0 Å². The van der Waals surface area contributed by atoms with E-state index in [2.05, 4.69) is 51.0 Å². The van der Waals surface area contributed by atoms with Crippen LogP contribution in [0.4, 0.5) is 11.4 Å². The monoisotopic (exact) mass is 382 g/mol. The van der Waals surface area contributed by atoms with E-state index in [-0.39, 0.29) is 11.9 Å². The number of anilines is 2. The highest BCUT2D eigenvalue weighted by atomic mass is 127. The van der Waals surface area contributed by atoms with Crippen LogP contribution in [-0.2, 0) is 4.79 Å². The van der Waals surface area contributed by atoms with Gasteiger partial charge in [-0.3, -0.25) is 4.79 Å². The van der Waals surface area contributed by atoms with Crippen molar-refractivity contribution in [1.29, 1.82) is 0 Å². The standard InChI is InChI=1S/C16H19IN2O/c17-11-6-8-14-12(9-11)18-16(20)15-7-5-10-3-1-2-4-13(10)19(14)15/h6,8-10,13,15H,1-5,7H2,(H,18,20). The zero-order chi connectivity index (χ0) is 13.7. The van der Waals surface area contributed by atoms with Crippen LogP contribution in [0.5, 0.6) is 0 Å². The molecule has 106 valence electrons. The summed E-state index contributed by atoms with van der Waals surface area (Å²) in [6, 6.07) is 7.08. The first kappa shape index (κ1) is 12.9. The molecule has 1 saturated carbocycles. The quantitative estimate of drug-likeness (QED) is 0.693. The van der Waals surface area contributed by atoms with E-state index < -0.39 is 0 Å². The van der Waals surface area contributed by atoms with Crippen molar-refractivity contribution in [2.24, 2.45) is 5.92 Å². The fraction of sp³-hybridized carbons (Fsp3) is 0.562. The van der Waals surface area contributed by atoms with Crippen molar-refractivity contribution in [3.8, 4) is 0 Å². The Balaban J connectivity index is 1.79. The lowest BCUT2D eigenvalue weighted by molar-refractivity contribution is -0.118. The molecule has 4 rings (SSSR count). The second-order valence-electron chi connectivity index (χ2n) is 6.26. The van der Waals surface area contributed by atoms with E-state index >= 15 is 0 Å². The minimum absolute atomic E-state index is 0.0573. The SMILES string of the molecule is O=C1Nc2cc(I)ccc2N2C1CCC1CCCCC12. The molecule has 1 N–H and O–H groups in total. The molecule has 2 aliphatic heterocycles. The van der Waals surface area contributed by atoms with E-state index in [0.29, 0.717) is 6.04 Å². The number of hydrogen-bond acceptors (Lipinski definition) is 2. The van der Waals surface area contributed by atoms with E-state index in [0.717, 1.165) is 18.0 Å². The molecule has 1 saturated heterocycles. The summed E-state index contributed by atoms with van der Waals surface area (Å²) in [5, 5.41) is 3.11. The molecule has 1 aliphatic carbocycles. The van der Waals surface area contributed by atoms with E-state index in [1.807, 2.05) is 0 Å². The Hall–Kier alpha value is -0.780. The zero-order valence-corrected chi connectivity index (χ0v) is 13.6. The van der Waals surface area contributed by atoms with Gasteiger partial charge in [-0.1, -0.05) is 12.8 Å². The van der Waals surface area contributed by atoms with Crippen molar-refractivity contribution in [3.63, 3.8) is 0 Å². The molecular formula is C16H19IN2O. The van der Waals surface area contributed by atoms with Gasteiger partial charge in [-0.15, -0.1) is 0 Å². The third kappa shape index (κ3) is 1.95. The molecule has 2 fully saturated rings. The molecule has 1 aromatic carbocycles. The van der Waals surface area contributed by atoms with Gasteiger partial charge in [0.05, 0.1) is 11.4 Å². The Morgan fingerprint density at radius 3 is 2.90 bits per heavy atom. The number of carbonyl (C=O) groups excluding carboxylic acids is 1. The van der Waals surface area contributed by atoms with E-state index in [1.54, 1.807) is 0 Å². The van der Waals surface area contributed by atoms with Crippen LogP contribution in [0, 0.1) is 9.49 Å². The van der Waals surface area contributed by atoms with Crippen molar-refractivity contribution in [1.82, 2.24) is 0 Å². The molecule has 1 aromatic rings. The topological polar surface area (TPSA) is 32.3 Å². The lowest BCUT2D eigenvalue weighted by atomic mass is 9.75. The van der Waals surface area contributed by atoms with E-state index in [1.165, 1.54) is 41.4 Å². The van der Waals surface area contributed by atoms with Crippen molar-refractivity contribution < 1.29 is 4.79 Å². The molecule has 3 unspecified atom stereocenters. The number of carbonyl (C=O) groups is 1. The highest BCUT2D eigenvalue weighted by Crippen LogP contribution is 2.45. The highest BCUT2D eigenvalue weighted by molar-refractivity contribution is 14.1. The smallest absolute Gasteiger partial charge is 0.247 e. The molecule has 0 aromatic heterocycles. The number of piperidine rings is 1. The number of halogens is 1. The van der Waals surface area contributed by atoms with Gasteiger partial charge in [0.2, 0.25) is 5.91 Å². The molecule has 3 atom stereocenters. The first-order valence-electron chi connectivity index (χ1n) is 7.63. The van der Waals surface area contributed by atoms with Crippen LogP contribution in [0.2, 0.25) is 0 Å². The maximum atomic E-state index is 12.4. The molecule has 2 heterocycles. The summed E-state index contributed by atoms with van der Waals surface area (Å²) < 4.78 is 1.18. The van der Waals surface area contributed by atoms with Gasteiger partial charge in [-0.2, -0.15) is 0 Å². The van der Waals surface area contributed by atoms with Crippen LogP contribution >= 0.6 is 22.6 Å². The number of amides is 1. The first-order valence-corrected chi connectivity index (χ1v) is 8.70. The van der Waals surface area contributed by atoms with Gasteiger partial charge in [0.15, 0.2) is 0 Å². The summed E-state index contributed by atoms with van der Waals surface area (Å²) in [7, 11) is 0. The molecule has 20 heavy (non-hydrogen) atoms. The van der Waals surface area contributed by atoms with E-state index in [9.17, 15) is 4.79 Å². The minimum Gasteiger partial charge on any atom is -0.355 e. The minimum atomic E-state index is 0.0573.